The molecular formula is C14H17N3. The molecule has 0 bridgehead atoms. The molecule has 2 aromatic heterocycles. The lowest BCUT2D eigenvalue weighted by Gasteiger charge is -2.18. The fourth-order valence-corrected chi connectivity index (χ4v) is 2.54. The van der Waals surface area contributed by atoms with E-state index in [2.05, 4.69) is 17.2 Å². The molecule has 1 atom stereocenters. The van der Waals surface area contributed by atoms with E-state index in [9.17, 15) is 0 Å². The van der Waals surface area contributed by atoms with Crippen LogP contribution in [0.25, 0.3) is 5.52 Å². The van der Waals surface area contributed by atoms with Gasteiger partial charge >= 0.3 is 0 Å². The lowest BCUT2D eigenvalue weighted by Crippen LogP contribution is -2.14. The summed E-state index contributed by atoms with van der Waals surface area (Å²) in [6, 6.07) is 6.10. The van der Waals surface area contributed by atoms with Gasteiger partial charge in [-0.3, -0.25) is 0 Å². The van der Waals surface area contributed by atoms with Crippen LogP contribution in [0.5, 0.6) is 0 Å². The van der Waals surface area contributed by atoms with E-state index in [4.69, 9.17) is 5.73 Å². The fourth-order valence-electron chi connectivity index (χ4n) is 2.54. The summed E-state index contributed by atoms with van der Waals surface area (Å²) in [5, 5.41) is 4.34. The Bertz CT molecular complexity index is 553. The summed E-state index contributed by atoms with van der Waals surface area (Å²) in [6.07, 6.45) is 11.0. The predicted octanol–water partition coefficient (Wildman–Crippen LogP) is 2.83. The summed E-state index contributed by atoms with van der Waals surface area (Å²) in [5.41, 5.74) is 9.98. The molecular weight excluding hydrogens is 210 g/mol. The minimum Gasteiger partial charge on any atom is -0.320 e. The number of aromatic nitrogens is 2. The summed E-state index contributed by atoms with van der Waals surface area (Å²) in [7, 11) is 0. The van der Waals surface area contributed by atoms with E-state index in [-0.39, 0.29) is 6.04 Å². The first-order chi connectivity index (χ1) is 8.36. The normalized spacial score (nSPS) is 18.1. The smallest absolute Gasteiger partial charge is 0.0712 e. The Balaban J connectivity index is 2.00. The van der Waals surface area contributed by atoms with Gasteiger partial charge in [-0.1, -0.05) is 17.7 Å². The van der Waals surface area contributed by atoms with Crippen molar-refractivity contribution in [3.63, 3.8) is 0 Å². The monoisotopic (exact) mass is 227 g/mol. The van der Waals surface area contributed by atoms with Crippen LogP contribution in [0.3, 0.4) is 0 Å². The second-order valence-corrected chi connectivity index (χ2v) is 4.63. The van der Waals surface area contributed by atoms with Gasteiger partial charge in [0, 0.05) is 11.8 Å². The van der Waals surface area contributed by atoms with Crippen molar-refractivity contribution < 1.29 is 0 Å². The zero-order valence-corrected chi connectivity index (χ0v) is 9.84. The Morgan fingerprint density at radius 2 is 2.24 bits per heavy atom. The van der Waals surface area contributed by atoms with Gasteiger partial charge in [-0.25, -0.2) is 4.52 Å². The van der Waals surface area contributed by atoms with E-state index < -0.39 is 0 Å². The van der Waals surface area contributed by atoms with Gasteiger partial charge in [0.05, 0.1) is 17.8 Å². The topological polar surface area (TPSA) is 43.3 Å². The molecule has 3 heteroatoms. The van der Waals surface area contributed by atoms with Crippen LogP contribution in [0.4, 0.5) is 0 Å². The Morgan fingerprint density at radius 1 is 1.29 bits per heavy atom. The van der Waals surface area contributed by atoms with Crippen molar-refractivity contribution in [2.24, 2.45) is 5.73 Å². The van der Waals surface area contributed by atoms with Crippen LogP contribution in [-0.2, 0) is 0 Å². The van der Waals surface area contributed by atoms with Crippen molar-refractivity contribution in [1.29, 1.82) is 0 Å². The summed E-state index contributed by atoms with van der Waals surface area (Å²) < 4.78 is 1.89. The highest BCUT2D eigenvalue weighted by molar-refractivity contribution is 5.56. The lowest BCUT2D eigenvalue weighted by atomic mass is 9.91. The molecule has 3 rings (SSSR count). The van der Waals surface area contributed by atoms with Gasteiger partial charge in [-0.05, 0) is 37.8 Å². The van der Waals surface area contributed by atoms with Gasteiger partial charge in [0.15, 0.2) is 0 Å². The van der Waals surface area contributed by atoms with Gasteiger partial charge in [0.1, 0.15) is 0 Å². The molecule has 88 valence electrons. The predicted molar refractivity (Wildman–Crippen MR) is 68.7 cm³/mol. The molecule has 2 N–H and O–H groups in total. The number of nitrogens with zero attached hydrogens (tertiary/aromatic N) is 2. The molecule has 2 heterocycles. The number of fused-ring (bicyclic) bond motifs is 1. The molecule has 0 aliphatic heterocycles. The highest BCUT2D eigenvalue weighted by atomic mass is 15.2. The van der Waals surface area contributed by atoms with Crippen LogP contribution < -0.4 is 5.73 Å². The van der Waals surface area contributed by atoms with Crippen LogP contribution in [-0.4, -0.2) is 9.61 Å². The molecule has 3 nitrogen and oxygen atoms in total. The maximum Gasteiger partial charge on any atom is 0.0712 e. The first-order valence-corrected chi connectivity index (χ1v) is 6.23. The SMILES string of the molecule is NC(C1=CCCCC1)c1cnn2ccccc12. The molecule has 2 aromatic rings. The Kier molecular flexibility index (Phi) is 2.69. The van der Waals surface area contributed by atoms with Gasteiger partial charge in [-0.2, -0.15) is 5.10 Å². The van der Waals surface area contributed by atoms with Crippen LogP contribution in [0.2, 0.25) is 0 Å². The summed E-state index contributed by atoms with van der Waals surface area (Å²) in [5.74, 6) is 0. The highest BCUT2D eigenvalue weighted by Gasteiger charge is 2.17. The van der Waals surface area contributed by atoms with E-state index in [0.29, 0.717) is 0 Å². The maximum atomic E-state index is 6.36. The largest absolute Gasteiger partial charge is 0.320 e. The van der Waals surface area contributed by atoms with Crippen molar-refractivity contribution in [2.75, 3.05) is 0 Å². The number of pyridine rings is 1. The van der Waals surface area contributed by atoms with E-state index in [1.165, 1.54) is 24.8 Å². The minimum atomic E-state index is 0.00944. The Hall–Kier alpha value is -1.61. The van der Waals surface area contributed by atoms with Crippen molar-refractivity contribution in [3.8, 4) is 0 Å². The average molecular weight is 227 g/mol. The summed E-state index contributed by atoms with van der Waals surface area (Å²) >= 11 is 0. The van der Waals surface area contributed by atoms with Crippen molar-refractivity contribution in [1.82, 2.24) is 9.61 Å². The molecule has 0 radical (unpaired) electrons. The third-order valence-corrected chi connectivity index (χ3v) is 3.52. The second-order valence-electron chi connectivity index (χ2n) is 4.63. The molecule has 0 saturated heterocycles. The van der Waals surface area contributed by atoms with E-state index in [1.807, 2.05) is 29.0 Å². The zero-order chi connectivity index (χ0) is 11.7. The lowest BCUT2D eigenvalue weighted by molar-refractivity contribution is 0.650. The van der Waals surface area contributed by atoms with E-state index >= 15 is 0 Å². The van der Waals surface area contributed by atoms with Crippen LogP contribution in [0.1, 0.15) is 37.3 Å². The molecule has 0 aromatic carbocycles. The molecule has 0 spiro atoms. The molecule has 0 amide bonds. The van der Waals surface area contributed by atoms with Gasteiger partial charge in [-0.15, -0.1) is 0 Å². The van der Waals surface area contributed by atoms with Crippen molar-refractivity contribution in [3.05, 3.63) is 47.8 Å². The zero-order valence-electron chi connectivity index (χ0n) is 9.84. The summed E-state index contributed by atoms with van der Waals surface area (Å²) in [6.45, 7) is 0. The first kappa shape index (κ1) is 10.5. The second kappa shape index (κ2) is 4.34. The van der Waals surface area contributed by atoms with E-state index in [0.717, 1.165) is 17.5 Å². The summed E-state index contributed by atoms with van der Waals surface area (Å²) in [4.78, 5) is 0. The van der Waals surface area contributed by atoms with Crippen molar-refractivity contribution >= 4 is 5.52 Å². The standard InChI is InChI=1S/C14H17N3/c15-14(11-6-2-1-3-7-11)12-10-16-17-9-5-4-8-13(12)17/h4-6,8-10,14H,1-3,7,15H2. The van der Waals surface area contributed by atoms with Crippen LogP contribution >= 0.6 is 0 Å². The molecule has 17 heavy (non-hydrogen) atoms. The number of hydrogen-bond acceptors (Lipinski definition) is 2. The highest BCUT2D eigenvalue weighted by Crippen LogP contribution is 2.29. The quantitative estimate of drug-likeness (QED) is 0.802. The minimum absolute atomic E-state index is 0.00944. The number of rotatable bonds is 2. The molecule has 1 aliphatic carbocycles. The van der Waals surface area contributed by atoms with E-state index in [1.54, 1.807) is 0 Å². The van der Waals surface area contributed by atoms with Crippen molar-refractivity contribution in [2.45, 2.75) is 31.7 Å². The first-order valence-electron chi connectivity index (χ1n) is 6.23. The number of hydrogen-bond donors (Lipinski definition) is 1. The number of allylic oxidation sites excluding steroid dienone is 1. The third kappa shape index (κ3) is 1.87. The Labute approximate surface area is 101 Å². The molecule has 1 aliphatic rings. The Morgan fingerprint density at radius 3 is 3.06 bits per heavy atom. The molecule has 0 saturated carbocycles. The van der Waals surface area contributed by atoms with Crippen LogP contribution in [0.15, 0.2) is 42.2 Å². The van der Waals surface area contributed by atoms with Gasteiger partial charge in [0.25, 0.3) is 0 Å². The van der Waals surface area contributed by atoms with Crippen LogP contribution in [0, 0.1) is 0 Å². The molecule has 0 fully saturated rings. The number of nitrogens with two attached hydrogens (primary N) is 1. The maximum absolute atomic E-state index is 6.36. The van der Waals surface area contributed by atoms with Gasteiger partial charge in [0.2, 0.25) is 0 Å². The average Bonchev–Trinajstić information content (AvgIpc) is 2.83. The van der Waals surface area contributed by atoms with Gasteiger partial charge < -0.3 is 5.73 Å². The third-order valence-electron chi connectivity index (χ3n) is 3.52. The fraction of sp³-hybridized carbons (Fsp3) is 0.357. The molecule has 1 unspecified atom stereocenters.